The number of hydrogen-bond acceptors (Lipinski definition) is 3. The number of benzene rings is 1. The number of aryl methyl sites for hydroxylation is 1. The summed E-state index contributed by atoms with van der Waals surface area (Å²) in [5, 5.41) is 2.82. The lowest BCUT2D eigenvalue weighted by Gasteiger charge is -2.15. The van der Waals surface area contributed by atoms with E-state index in [9.17, 15) is 9.59 Å². The zero-order chi connectivity index (χ0) is 15.2. The van der Waals surface area contributed by atoms with Crippen LogP contribution in [0.25, 0.3) is 0 Å². The molecule has 1 heterocycles. The Labute approximate surface area is 124 Å². The Balaban J connectivity index is 2.03. The molecule has 0 unspecified atom stereocenters. The molecule has 1 fully saturated rings. The van der Waals surface area contributed by atoms with Crippen LogP contribution in [-0.2, 0) is 9.59 Å². The second-order valence-electron chi connectivity index (χ2n) is 5.06. The predicted octanol–water partition coefficient (Wildman–Crippen LogP) is 0.866. The van der Waals surface area contributed by atoms with E-state index in [-0.39, 0.29) is 18.4 Å². The molecule has 110 valence electrons. The molecular formula is C16H19N3O2. The topological polar surface area (TPSA) is 75.4 Å². The number of carbonyl (C=O) groups is 2. The van der Waals surface area contributed by atoms with Crippen molar-refractivity contribution in [3.63, 3.8) is 0 Å². The molecule has 0 saturated carbocycles. The molecule has 5 nitrogen and oxygen atoms in total. The number of carbonyl (C=O) groups excluding carboxylic acids is 2. The van der Waals surface area contributed by atoms with E-state index in [0.29, 0.717) is 25.2 Å². The molecule has 1 saturated heterocycles. The first kappa shape index (κ1) is 15.1. The molecule has 21 heavy (non-hydrogen) atoms. The summed E-state index contributed by atoms with van der Waals surface area (Å²) < 4.78 is 0. The number of nitrogens with one attached hydrogen (secondary N) is 1. The summed E-state index contributed by atoms with van der Waals surface area (Å²) in [6, 6.07) is 5.61. The minimum Gasteiger partial charge on any atom is -0.333 e. The van der Waals surface area contributed by atoms with Crippen molar-refractivity contribution in [3.05, 3.63) is 29.3 Å². The predicted molar refractivity (Wildman–Crippen MR) is 81.6 cm³/mol. The Morgan fingerprint density at radius 1 is 1.43 bits per heavy atom. The number of nitrogens with two attached hydrogens (primary N) is 1. The fourth-order valence-electron chi connectivity index (χ4n) is 2.33. The summed E-state index contributed by atoms with van der Waals surface area (Å²) in [5.41, 5.74) is 7.86. The summed E-state index contributed by atoms with van der Waals surface area (Å²) in [5.74, 6) is 5.60. The van der Waals surface area contributed by atoms with Crippen LogP contribution >= 0.6 is 0 Å². The normalized spacial score (nSPS) is 13.8. The van der Waals surface area contributed by atoms with Crippen LogP contribution in [0, 0.1) is 18.8 Å². The number of rotatable bonds is 3. The summed E-state index contributed by atoms with van der Waals surface area (Å²) in [6.07, 6.45) is 1.37. The first-order valence-electron chi connectivity index (χ1n) is 6.97. The molecule has 1 aliphatic rings. The van der Waals surface area contributed by atoms with Gasteiger partial charge in [-0.3, -0.25) is 9.59 Å². The SMILES string of the molecule is Cc1cc(C#CCN)cc(NC(=O)CN2CCCC2=O)c1. The number of hydrogen-bond donors (Lipinski definition) is 2. The Hall–Kier alpha value is -2.32. The van der Waals surface area contributed by atoms with Gasteiger partial charge in [-0.25, -0.2) is 0 Å². The summed E-state index contributed by atoms with van der Waals surface area (Å²) in [6.45, 7) is 3.00. The average molecular weight is 285 g/mol. The highest BCUT2D eigenvalue weighted by molar-refractivity contribution is 5.95. The van der Waals surface area contributed by atoms with Gasteiger partial charge in [0.1, 0.15) is 0 Å². The van der Waals surface area contributed by atoms with Crippen LogP contribution in [0.1, 0.15) is 24.0 Å². The van der Waals surface area contributed by atoms with Crippen molar-refractivity contribution < 1.29 is 9.59 Å². The van der Waals surface area contributed by atoms with Crippen LogP contribution in [0.2, 0.25) is 0 Å². The molecule has 2 amide bonds. The highest BCUT2D eigenvalue weighted by Gasteiger charge is 2.22. The van der Waals surface area contributed by atoms with Crippen LogP contribution < -0.4 is 11.1 Å². The maximum absolute atomic E-state index is 12.0. The van der Waals surface area contributed by atoms with Gasteiger partial charge in [-0.1, -0.05) is 11.8 Å². The van der Waals surface area contributed by atoms with Crippen molar-refractivity contribution in [2.24, 2.45) is 5.73 Å². The molecule has 1 aliphatic heterocycles. The van der Waals surface area contributed by atoms with E-state index in [2.05, 4.69) is 17.2 Å². The van der Waals surface area contributed by atoms with Gasteiger partial charge >= 0.3 is 0 Å². The Kier molecular flexibility index (Phi) is 4.96. The van der Waals surface area contributed by atoms with Crippen molar-refractivity contribution in [2.75, 3.05) is 25.0 Å². The fraction of sp³-hybridized carbons (Fsp3) is 0.375. The molecule has 1 aromatic rings. The Bertz CT molecular complexity index is 614. The largest absolute Gasteiger partial charge is 0.333 e. The molecule has 5 heteroatoms. The van der Waals surface area contributed by atoms with Crippen LogP contribution in [0.5, 0.6) is 0 Å². The van der Waals surface area contributed by atoms with Gasteiger partial charge in [0.2, 0.25) is 11.8 Å². The van der Waals surface area contributed by atoms with E-state index >= 15 is 0 Å². The molecule has 0 bridgehead atoms. The zero-order valence-electron chi connectivity index (χ0n) is 12.1. The van der Waals surface area contributed by atoms with E-state index in [1.165, 1.54) is 0 Å². The lowest BCUT2D eigenvalue weighted by Crippen LogP contribution is -2.33. The van der Waals surface area contributed by atoms with Crippen LogP contribution in [0.4, 0.5) is 5.69 Å². The first-order valence-corrected chi connectivity index (χ1v) is 6.97. The Morgan fingerprint density at radius 2 is 2.24 bits per heavy atom. The minimum atomic E-state index is -0.186. The van der Waals surface area contributed by atoms with Crippen LogP contribution in [0.15, 0.2) is 18.2 Å². The highest BCUT2D eigenvalue weighted by Crippen LogP contribution is 2.15. The highest BCUT2D eigenvalue weighted by atomic mass is 16.2. The summed E-state index contributed by atoms with van der Waals surface area (Å²) in [7, 11) is 0. The summed E-state index contributed by atoms with van der Waals surface area (Å²) >= 11 is 0. The number of likely N-dealkylation sites (tertiary alicyclic amines) is 1. The van der Waals surface area contributed by atoms with E-state index in [4.69, 9.17) is 5.73 Å². The number of nitrogens with zero attached hydrogens (tertiary/aromatic N) is 1. The molecule has 0 spiro atoms. The van der Waals surface area contributed by atoms with Crippen LogP contribution in [0.3, 0.4) is 0 Å². The molecule has 1 aromatic carbocycles. The van der Waals surface area contributed by atoms with Gasteiger partial charge in [-0.2, -0.15) is 0 Å². The Morgan fingerprint density at radius 3 is 2.90 bits per heavy atom. The number of anilines is 1. The molecular weight excluding hydrogens is 266 g/mol. The third kappa shape index (κ3) is 4.33. The molecule has 0 radical (unpaired) electrons. The molecule has 0 atom stereocenters. The summed E-state index contributed by atoms with van der Waals surface area (Å²) in [4.78, 5) is 25.1. The molecule has 0 aliphatic carbocycles. The fourth-order valence-corrected chi connectivity index (χ4v) is 2.33. The molecule has 0 aromatic heterocycles. The second-order valence-corrected chi connectivity index (χ2v) is 5.06. The zero-order valence-corrected chi connectivity index (χ0v) is 12.1. The van der Waals surface area contributed by atoms with Crippen LogP contribution in [-0.4, -0.2) is 36.3 Å². The van der Waals surface area contributed by atoms with Gasteiger partial charge in [0.05, 0.1) is 13.1 Å². The lowest BCUT2D eigenvalue weighted by molar-refractivity contribution is -0.131. The first-order chi connectivity index (χ1) is 10.1. The van der Waals surface area contributed by atoms with Crippen molar-refractivity contribution in [1.29, 1.82) is 0 Å². The van der Waals surface area contributed by atoms with E-state index in [1.807, 2.05) is 19.1 Å². The third-order valence-corrected chi connectivity index (χ3v) is 3.20. The van der Waals surface area contributed by atoms with Gasteiger partial charge in [0.25, 0.3) is 0 Å². The third-order valence-electron chi connectivity index (χ3n) is 3.20. The smallest absolute Gasteiger partial charge is 0.243 e. The standard InChI is InChI=1S/C16H19N3O2/c1-12-8-13(4-2-6-17)10-14(9-12)18-15(20)11-19-7-3-5-16(19)21/h8-10H,3,5-7,11,17H2,1H3,(H,18,20). The van der Waals surface area contributed by atoms with Crippen molar-refractivity contribution >= 4 is 17.5 Å². The molecule has 3 N–H and O–H groups in total. The number of amides is 2. The van der Waals surface area contributed by atoms with Gasteiger partial charge in [0, 0.05) is 24.2 Å². The lowest BCUT2D eigenvalue weighted by atomic mass is 10.1. The maximum Gasteiger partial charge on any atom is 0.243 e. The van der Waals surface area contributed by atoms with E-state index < -0.39 is 0 Å². The van der Waals surface area contributed by atoms with E-state index in [1.54, 1.807) is 11.0 Å². The van der Waals surface area contributed by atoms with Gasteiger partial charge < -0.3 is 16.0 Å². The van der Waals surface area contributed by atoms with E-state index in [0.717, 1.165) is 17.5 Å². The quantitative estimate of drug-likeness (QED) is 0.809. The average Bonchev–Trinajstić information content (AvgIpc) is 2.81. The monoisotopic (exact) mass is 285 g/mol. The minimum absolute atomic E-state index is 0.0453. The van der Waals surface area contributed by atoms with Gasteiger partial charge in [-0.15, -0.1) is 0 Å². The van der Waals surface area contributed by atoms with Gasteiger partial charge in [-0.05, 0) is 37.1 Å². The molecule has 2 rings (SSSR count). The van der Waals surface area contributed by atoms with Crippen molar-refractivity contribution in [3.8, 4) is 11.8 Å². The van der Waals surface area contributed by atoms with Crippen molar-refractivity contribution in [1.82, 2.24) is 4.90 Å². The second kappa shape index (κ2) is 6.91. The maximum atomic E-state index is 12.0. The van der Waals surface area contributed by atoms with Gasteiger partial charge in [0.15, 0.2) is 0 Å². The van der Waals surface area contributed by atoms with Crippen molar-refractivity contribution in [2.45, 2.75) is 19.8 Å².